The number of nitro benzene ring substituents is 1. The molecule has 0 unspecified atom stereocenters. The Hall–Kier alpha value is -2.50. The van der Waals surface area contributed by atoms with Crippen molar-refractivity contribution in [3.8, 4) is 0 Å². The average Bonchev–Trinajstić information content (AvgIpc) is 2.29. The van der Waals surface area contributed by atoms with Gasteiger partial charge in [0.1, 0.15) is 0 Å². The molecule has 0 aliphatic rings. The molecule has 2 rings (SSSR count). The van der Waals surface area contributed by atoms with Gasteiger partial charge in [0.25, 0.3) is 5.69 Å². The Morgan fingerprint density at radius 2 is 1.69 bits per heavy atom. The van der Waals surface area contributed by atoms with Crippen LogP contribution in [0.1, 0.15) is 0 Å². The zero-order chi connectivity index (χ0) is 12.0. The second-order valence-corrected chi connectivity index (χ2v) is 2.84. The van der Waals surface area contributed by atoms with Gasteiger partial charge in [-0.05, 0) is 11.5 Å². The Labute approximate surface area is 90.2 Å². The molecule has 1 N–H and O–H groups in total. The molecule has 0 aromatic heterocycles. The maximum atomic E-state index is 10.6. The van der Waals surface area contributed by atoms with E-state index in [4.69, 9.17) is 10.1 Å². The normalized spacial score (nSPS) is 9.00. The van der Waals surface area contributed by atoms with E-state index < -0.39 is 0 Å². The van der Waals surface area contributed by atoms with E-state index in [1.807, 2.05) is 18.2 Å². The highest BCUT2D eigenvalue weighted by molar-refractivity contribution is 5.90. The highest BCUT2D eigenvalue weighted by atomic mass is 16.6. The van der Waals surface area contributed by atoms with Crippen LogP contribution >= 0.6 is 0 Å². The topological polar surface area (TPSA) is 92.8 Å². The molecule has 0 heterocycles. The highest BCUT2D eigenvalue weighted by Crippen LogP contribution is 2.24. The van der Waals surface area contributed by atoms with Crippen molar-refractivity contribution in [1.82, 2.24) is 0 Å². The van der Waals surface area contributed by atoms with Crippen LogP contribution in [-0.4, -0.2) is 10.1 Å². The summed E-state index contributed by atoms with van der Waals surface area (Å²) in [6.45, 7) is 0. The lowest BCUT2D eigenvalue weighted by atomic mass is 10.1. The summed E-state index contributed by atoms with van der Waals surface area (Å²) in [4.78, 5) is 18.4. The maximum Gasteiger partial charge on any atom is 0.277 e. The molecule has 0 aliphatic carbocycles. The van der Waals surface area contributed by atoms with Crippen molar-refractivity contribution in [3.05, 3.63) is 57.5 Å². The number of nitrogens with zero attached hydrogens (tertiary/aromatic N) is 2. The van der Waals surface area contributed by atoms with Crippen LogP contribution in [0.2, 0.25) is 0 Å². The van der Waals surface area contributed by atoms with Crippen LogP contribution in [-0.2, 0) is 0 Å². The summed E-state index contributed by atoms with van der Waals surface area (Å²) in [6, 6.07) is 12.4. The fourth-order valence-corrected chi connectivity index (χ4v) is 1.37. The smallest absolute Gasteiger partial charge is 0.277 e. The summed E-state index contributed by atoms with van der Waals surface area (Å²) >= 11 is 0. The summed E-state index contributed by atoms with van der Waals surface area (Å²) in [6.07, 6.45) is 0. The van der Waals surface area contributed by atoms with Crippen LogP contribution in [0.25, 0.3) is 10.8 Å². The maximum absolute atomic E-state index is 10.6. The first-order valence-electron chi connectivity index (χ1n) is 4.29. The van der Waals surface area contributed by atoms with Gasteiger partial charge >= 0.3 is 0 Å². The molecular formula is C10H8N2O4. The number of nitro groups is 1. The van der Waals surface area contributed by atoms with Crippen molar-refractivity contribution in [3.63, 3.8) is 0 Å². The molecule has 0 saturated heterocycles. The van der Waals surface area contributed by atoms with E-state index in [-0.39, 0.29) is 10.6 Å². The van der Waals surface area contributed by atoms with Gasteiger partial charge in [-0.1, -0.05) is 30.3 Å². The number of hydrogen-bond acceptors (Lipinski definition) is 4. The van der Waals surface area contributed by atoms with Crippen LogP contribution in [0.4, 0.5) is 5.69 Å². The van der Waals surface area contributed by atoms with Gasteiger partial charge in [-0.2, -0.15) is 0 Å². The van der Waals surface area contributed by atoms with Crippen molar-refractivity contribution < 1.29 is 10.1 Å². The minimum absolute atomic E-state index is 0.165. The Bertz CT molecular complexity index is 508. The third-order valence-electron chi connectivity index (χ3n) is 1.96. The van der Waals surface area contributed by atoms with Gasteiger partial charge in [-0.15, -0.1) is 4.91 Å². The molecule has 6 nitrogen and oxygen atoms in total. The largest absolute Gasteiger partial charge is 0.379 e. The van der Waals surface area contributed by atoms with E-state index in [2.05, 4.69) is 0 Å². The molecule has 2 aromatic rings. The minimum atomic E-state index is -0.359. The standard InChI is InChI=1S/C10H7NO2.HNO2/c12-11(13)10-7-3-5-8-4-1-2-6-9(8)10;2-1-3/h1-7H;(H,2,3). The number of hydrogen-bond donors (Lipinski definition) is 1. The van der Waals surface area contributed by atoms with Gasteiger partial charge < -0.3 is 5.21 Å². The quantitative estimate of drug-likeness (QED) is 0.454. The highest BCUT2D eigenvalue weighted by Gasteiger charge is 2.08. The molecule has 16 heavy (non-hydrogen) atoms. The number of fused-ring (bicyclic) bond motifs is 1. The van der Waals surface area contributed by atoms with E-state index in [1.165, 1.54) is 11.4 Å². The molecule has 0 fully saturated rings. The van der Waals surface area contributed by atoms with Gasteiger partial charge in [0.05, 0.1) is 10.3 Å². The van der Waals surface area contributed by atoms with Crippen LogP contribution < -0.4 is 0 Å². The fourth-order valence-electron chi connectivity index (χ4n) is 1.37. The second-order valence-electron chi connectivity index (χ2n) is 2.84. The second kappa shape index (κ2) is 5.40. The summed E-state index contributed by atoms with van der Waals surface area (Å²) in [5.74, 6) is 0. The predicted octanol–water partition coefficient (Wildman–Crippen LogP) is 2.89. The van der Waals surface area contributed by atoms with Crippen molar-refractivity contribution in [2.45, 2.75) is 0 Å². The predicted molar refractivity (Wildman–Crippen MR) is 58.2 cm³/mol. The lowest BCUT2D eigenvalue weighted by Crippen LogP contribution is -1.88. The first-order valence-corrected chi connectivity index (χ1v) is 4.29. The van der Waals surface area contributed by atoms with Crippen LogP contribution in [0.15, 0.2) is 47.8 Å². The molecule has 6 heteroatoms. The number of rotatable bonds is 1. The van der Waals surface area contributed by atoms with Crippen LogP contribution in [0.5, 0.6) is 0 Å². The molecule has 0 saturated carbocycles. The molecule has 0 atom stereocenters. The van der Waals surface area contributed by atoms with Gasteiger partial charge in [-0.25, -0.2) is 0 Å². The summed E-state index contributed by atoms with van der Waals surface area (Å²) < 4.78 is 0. The van der Waals surface area contributed by atoms with Crippen molar-refractivity contribution in [2.24, 2.45) is 5.34 Å². The molecule has 0 radical (unpaired) electrons. The number of benzene rings is 2. The van der Waals surface area contributed by atoms with Crippen molar-refractivity contribution >= 4 is 16.5 Å². The molecule has 0 amide bonds. The molecule has 2 aromatic carbocycles. The van der Waals surface area contributed by atoms with Gasteiger partial charge in [0.15, 0.2) is 5.34 Å². The lowest BCUT2D eigenvalue weighted by molar-refractivity contribution is -0.383. The van der Waals surface area contributed by atoms with Gasteiger partial charge in [0, 0.05) is 6.07 Å². The monoisotopic (exact) mass is 220 g/mol. The van der Waals surface area contributed by atoms with Crippen LogP contribution in [0, 0.1) is 15.0 Å². The van der Waals surface area contributed by atoms with E-state index in [0.29, 0.717) is 5.39 Å². The third-order valence-corrected chi connectivity index (χ3v) is 1.96. The molecule has 0 aliphatic heterocycles. The molecule has 0 spiro atoms. The van der Waals surface area contributed by atoms with Gasteiger partial charge in [0.2, 0.25) is 0 Å². The SMILES string of the molecule is O=NO.O=[N+]([O-])c1cccc2ccccc12. The van der Waals surface area contributed by atoms with E-state index in [0.717, 1.165) is 5.39 Å². The molecular weight excluding hydrogens is 212 g/mol. The number of non-ortho nitro benzene ring substituents is 1. The molecule has 82 valence electrons. The summed E-state index contributed by atoms with van der Waals surface area (Å²) in [7, 11) is 0. The fraction of sp³-hybridized carbons (Fsp3) is 0. The third kappa shape index (κ3) is 2.50. The lowest BCUT2D eigenvalue weighted by Gasteiger charge is -1.97. The Kier molecular flexibility index (Phi) is 3.90. The zero-order valence-corrected chi connectivity index (χ0v) is 8.11. The first-order chi connectivity index (χ1) is 7.70. The first kappa shape index (κ1) is 11.6. The van der Waals surface area contributed by atoms with Crippen LogP contribution in [0.3, 0.4) is 0 Å². The summed E-state index contributed by atoms with van der Waals surface area (Å²) in [5, 5.41) is 20.1. The molecule has 0 bridgehead atoms. The van der Waals surface area contributed by atoms with Crippen molar-refractivity contribution in [1.29, 1.82) is 0 Å². The van der Waals surface area contributed by atoms with E-state index in [9.17, 15) is 10.1 Å². The van der Waals surface area contributed by atoms with E-state index >= 15 is 0 Å². The Morgan fingerprint density at radius 1 is 1.12 bits per heavy atom. The van der Waals surface area contributed by atoms with Crippen molar-refractivity contribution in [2.75, 3.05) is 0 Å². The zero-order valence-electron chi connectivity index (χ0n) is 8.11. The summed E-state index contributed by atoms with van der Waals surface area (Å²) in [5.41, 5.74) is 0.165. The van der Waals surface area contributed by atoms with Gasteiger partial charge in [-0.3, -0.25) is 10.1 Å². The Morgan fingerprint density at radius 3 is 2.31 bits per heavy atom. The minimum Gasteiger partial charge on any atom is -0.379 e. The van der Waals surface area contributed by atoms with E-state index in [1.54, 1.807) is 18.2 Å². The average molecular weight is 220 g/mol. The Balaban J connectivity index is 0.000000386.